The van der Waals surface area contributed by atoms with Crippen molar-refractivity contribution in [1.29, 1.82) is 0 Å². The first-order chi connectivity index (χ1) is 8.71. The summed E-state index contributed by atoms with van der Waals surface area (Å²) in [5.74, 6) is 1.13. The van der Waals surface area contributed by atoms with Gasteiger partial charge in [-0.25, -0.2) is 9.38 Å². The molecule has 0 amide bonds. The highest BCUT2D eigenvalue weighted by Gasteiger charge is 2.45. The van der Waals surface area contributed by atoms with Crippen LogP contribution in [0, 0.1) is 11.7 Å². The third-order valence-electron chi connectivity index (χ3n) is 3.69. The molecule has 1 saturated heterocycles. The molecule has 5 heteroatoms. The number of hydrogen-bond acceptors (Lipinski definition) is 4. The van der Waals surface area contributed by atoms with Crippen molar-refractivity contribution in [3.63, 3.8) is 0 Å². The molecule has 96 valence electrons. The zero-order valence-corrected chi connectivity index (χ0v) is 10.8. The van der Waals surface area contributed by atoms with E-state index in [0.29, 0.717) is 17.7 Å². The summed E-state index contributed by atoms with van der Waals surface area (Å²) in [5.41, 5.74) is 6.46. The summed E-state index contributed by atoms with van der Waals surface area (Å²) in [6.07, 6.45) is 0.973. The Kier molecular flexibility index (Phi) is 3.03. The first-order valence-electron chi connectivity index (χ1n) is 6.03. The van der Waals surface area contributed by atoms with E-state index in [9.17, 15) is 4.39 Å². The van der Waals surface area contributed by atoms with Crippen LogP contribution in [0.5, 0.6) is 0 Å². The van der Waals surface area contributed by atoms with Crippen molar-refractivity contribution in [2.24, 2.45) is 16.6 Å². The summed E-state index contributed by atoms with van der Waals surface area (Å²) in [6, 6.07) is 6.54. The number of amidine groups is 1. The lowest BCUT2D eigenvalue weighted by Gasteiger charge is -2.43. The fourth-order valence-electron chi connectivity index (χ4n) is 2.69. The second-order valence-corrected chi connectivity index (χ2v) is 5.77. The molecule has 1 fully saturated rings. The molecular weight excluding hydrogens is 251 g/mol. The molecule has 2 aliphatic rings. The third-order valence-corrected chi connectivity index (χ3v) is 4.65. The highest BCUT2D eigenvalue weighted by atomic mass is 32.2. The third kappa shape index (κ3) is 1.91. The molecule has 0 aromatic heterocycles. The molecule has 2 unspecified atom stereocenters. The van der Waals surface area contributed by atoms with Crippen molar-refractivity contribution >= 4 is 16.9 Å². The molecule has 2 N–H and O–H groups in total. The van der Waals surface area contributed by atoms with Gasteiger partial charge in [-0.15, -0.1) is 0 Å². The van der Waals surface area contributed by atoms with Gasteiger partial charge < -0.3 is 10.5 Å². The maximum Gasteiger partial charge on any atom is 0.154 e. The molecule has 2 heterocycles. The van der Waals surface area contributed by atoms with E-state index >= 15 is 0 Å². The minimum Gasteiger partial charge on any atom is -0.379 e. The normalized spacial score (nSPS) is 31.6. The van der Waals surface area contributed by atoms with E-state index in [0.717, 1.165) is 24.3 Å². The Hall–Kier alpha value is -1.07. The second-order valence-electron chi connectivity index (χ2n) is 4.73. The lowest BCUT2D eigenvalue weighted by molar-refractivity contribution is 0.00449. The summed E-state index contributed by atoms with van der Waals surface area (Å²) in [7, 11) is 0. The van der Waals surface area contributed by atoms with Crippen molar-refractivity contribution in [3.05, 3.63) is 35.6 Å². The molecule has 0 spiro atoms. The number of halogens is 1. The van der Waals surface area contributed by atoms with Gasteiger partial charge in [0.15, 0.2) is 5.17 Å². The standard InChI is InChI=1S/C13H15FN2OS/c14-11-3-1-9(2-4-11)13-8-17-6-5-10(13)7-18-12(15)16-13/h1-4,10H,5-8H2,(H2,15,16). The van der Waals surface area contributed by atoms with Gasteiger partial charge in [-0.05, 0) is 24.1 Å². The Morgan fingerprint density at radius 2 is 2.17 bits per heavy atom. The molecule has 2 atom stereocenters. The van der Waals surface area contributed by atoms with E-state index in [-0.39, 0.29) is 5.82 Å². The van der Waals surface area contributed by atoms with Gasteiger partial charge in [0.05, 0.1) is 6.61 Å². The molecule has 1 aromatic rings. The summed E-state index contributed by atoms with van der Waals surface area (Å²) in [5, 5.41) is 0.598. The predicted molar refractivity (Wildman–Crippen MR) is 71.1 cm³/mol. The topological polar surface area (TPSA) is 47.6 Å². The van der Waals surface area contributed by atoms with Gasteiger partial charge in [0.1, 0.15) is 11.4 Å². The Labute approximate surface area is 110 Å². The Morgan fingerprint density at radius 1 is 1.39 bits per heavy atom. The zero-order chi connectivity index (χ0) is 12.6. The fraction of sp³-hybridized carbons (Fsp3) is 0.462. The van der Waals surface area contributed by atoms with E-state index in [2.05, 4.69) is 4.99 Å². The SMILES string of the molecule is NC1=NC2(c3ccc(F)cc3)COCCC2CS1. The summed E-state index contributed by atoms with van der Waals surface area (Å²) >= 11 is 1.60. The van der Waals surface area contributed by atoms with Crippen molar-refractivity contribution in [2.45, 2.75) is 12.0 Å². The monoisotopic (exact) mass is 266 g/mol. The van der Waals surface area contributed by atoms with Gasteiger partial charge in [0.2, 0.25) is 0 Å². The smallest absolute Gasteiger partial charge is 0.154 e. The molecular formula is C13H15FN2OS. The van der Waals surface area contributed by atoms with Crippen LogP contribution >= 0.6 is 11.8 Å². The first kappa shape index (κ1) is 12.0. The molecule has 0 bridgehead atoms. The van der Waals surface area contributed by atoms with Crippen molar-refractivity contribution in [3.8, 4) is 0 Å². The maximum absolute atomic E-state index is 13.1. The number of nitrogens with zero attached hydrogens (tertiary/aromatic N) is 1. The van der Waals surface area contributed by atoms with E-state index in [1.807, 2.05) is 0 Å². The van der Waals surface area contributed by atoms with Crippen LogP contribution in [0.2, 0.25) is 0 Å². The van der Waals surface area contributed by atoms with Crippen LogP contribution in [0.1, 0.15) is 12.0 Å². The highest BCUT2D eigenvalue weighted by Crippen LogP contribution is 2.44. The van der Waals surface area contributed by atoms with Crippen LogP contribution in [0.4, 0.5) is 4.39 Å². The summed E-state index contributed by atoms with van der Waals surface area (Å²) in [6.45, 7) is 1.30. The minimum absolute atomic E-state index is 0.231. The fourth-order valence-corrected chi connectivity index (χ4v) is 3.73. The van der Waals surface area contributed by atoms with Crippen LogP contribution in [-0.4, -0.2) is 24.1 Å². The average molecular weight is 266 g/mol. The Balaban J connectivity index is 2.07. The van der Waals surface area contributed by atoms with Gasteiger partial charge in [0.25, 0.3) is 0 Å². The second kappa shape index (κ2) is 4.55. The van der Waals surface area contributed by atoms with Crippen LogP contribution in [0.25, 0.3) is 0 Å². The number of benzene rings is 1. The number of thioether (sulfide) groups is 1. The number of aliphatic imine (C=N–C) groups is 1. The number of hydrogen-bond donors (Lipinski definition) is 1. The molecule has 3 nitrogen and oxygen atoms in total. The average Bonchev–Trinajstić information content (AvgIpc) is 2.39. The maximum atomic E-state index is 13.1. The van der Waals surface area contributed by atoms with E-state index in [4.69, 9.17) is 10.5 Å². The van der Waals surface area contributed by atoms with E-state index in [1.165, 1.54) is 12.1 Å². The van der Waals surface area contributed by atoms with Crippen molar-refractivity contribution < 1.29 is 9.13 Å². The quantitative estimate of drug-likeness (QED) is 0.847. The largest absolute Gasteiger partial charge is 0.379 e. The van der Waals surface area contributed by atoms with Gasteiger partial charge in [-0.2, -0.15) is 0 Å². The zero-order valence-electron chi connectivity index (χ0n) is 9.93. The molecule has 3 rings (SSSR count). The molecule has 2 aliphatic heterocycles. The summed E-state index contributed by atoms with van der Waals surface area (Å²) in [4.78, 5) is 4.65. The number of fused-ring (bicyclic) bond motifs is 1. The lowest BCUT2D eigenvalue weighted by atomic mass is 9.77. The predicted octanol–water partition coefficient (Wildman–Crippen LogP) is 2.12. The molecule has 0 saturated carbocycles. The van der Waals surface area contributed by atoms with Crippen LogP contribution in [0.3, 0.4) is 0 Å². The first-order valence-corrected chi connectivity index (χ1v) is 7.01. The molecule has 1 aromatic carbocycles. The van der Waals surface area contributed by atoms with Gasteiger partial charge in [-0.1, -0.05) is 23.9 Å². The Bertz CT molecular complexity index is 476. The molecule has 0 radical (unpaired) electrons. The van der Waals surface area contributed by atoms with E-state index < -0.39 is 5.54 Å². The van der Waals surface area contributed by atoms with Gasteiger partial charge >= 0.3 is 0 Å². The van der Waals surface area contributed by atoms with E-state index in [1.54, 1.807) is 23.9 Å². The van der Waals surface area contributed by atoms with Crippen molar-refractivity contribution in [2.75, 3.05) is 19.0 Å². The highest BCUT2D eigenvalue weighted by molar-refractivity contribution is 8.13. The number of ether oxygens (including phenoxy) is 1. The van der Waals surface area contributed by atoms with Crippen molar-refractivity contribution in [1.82, 2.24) is 0 Å². The summed E-state index contributed by atoms with van der Waals surface area (Å²) < 4.78 is 18.7. The van der Waals surface area contributed by atoms with Crippen LogP contribution in [0.15, 0.2) is 29.3 Å². The van der Waals surface area contributed by atoms with Gasteiger partial charge in [0, 0.05) is 18.3 Å². The molecule has 18 heavy (non-hydrogen) atoms. The number of nitrogens with two attached hydrogens (primary N) is 1. The molecule has 0 aliphatic carbocycles. The van der Waals surface area contributed by atoms with Gasteiger partial charge in [-0.3, -0.25) is 0 Å². The van der Waals surface area contributed by atoms with Crippen LogP contribution in [-0.2, 0) is 10.3 Å². The van der Waals surface area contributed by atoms with Crippen LogP contribution < -0.4 is 5.73 Å². The Morgan fingerprint density at radius 3 is 2.94 bits per heavy atom. The number of rotatable bonds is 1. The minimum atomic E-state index is -0.415. The lowest BCUT2D eigenvalue weighted by Crippen LogP contribution is -2.47.